The van der Waals surface area contributed by atoms with E-state index in [1.165, 1.54) is 5.56 Å². The lowest BCUT2D eigenvalue weighted by molar-refractivity contribution is -0.119. The van der Waals surface area contributed by atoms with Crippen LogP contribution in [0.2, 0.25) is 0 Å². The molecule has 0 bridgehead atoms. The minimum Gasteiger partial charge on any atom is -0.352 e. The summed E-state index contributed by atoms with van der Waals surface area (Å²) in [6.45, 7) is 2.93. The molecule has 4 nitrogen and oxygen atoms in total. The Balaban J connectivity index is 1.80. The van der Waals surface area contributed by atoms with Crippen LogP contribution in [0.25, 0.3) is 0 Å². The minimum atomic E-state index is 0.167. The number of hydrogen-bond acceptors (Lipinski definition) is 3. The van der Waals surface area contributed by atoms with Gasteiger partial charge in [-0.3, -0.25) is 9.78 Å². The summed E-state index contributed by atoms with van der Waals surface area (Å²) in [4.78, 5) is 15.1. The lowest BCUT2D eigenvalue weighted by Gasteiger charge is -2.17. The fraction of sp³-hybridized carbons (Fsp3) is 0.500. The lowest BCUT2D eigenvalue weighted by Crippen LogP contribution is -2.36. The topological polar surface area (TPSA) is 54.0 Å². The predicted molar refractivity (Wildman–Crippen MR) is 61.8 cm³/mol. The van der Waals surface area contributed by atoms with Gasteiger partial charge in [0, 0.05) is 37.4 Å². The van der Waals surface area contributed by atoms with E-state index in [4.69, 9.17) is 0 Å². The van der Waals surface area contributed by atoms with Gasteiger partial charge in [-0.15, -0.1) is 0 Å². The summed E-state index contributed by atoms with van der Waals surface area (Å²) in [6, 6.07) is 4.54. The maximum absolute atomic E-state index is 11.0. The molecule has 1 aliphatic rings. The zero-order chi connectivity index (χ0) is 11.4. The Labute approximate surface area is 95.5 Å². The Kier molecular flexibility index (Phi) is 3.51. The quantitative estimate of drug-likeness (QED) is 0.794. The van der Waals surface area contributed by atoms with Gasteiger partial charge in [0.2, 0.25) is 5.91 Å². The summed E-state index contributed by atoms with van der Waals surface area (Å²) in [7, 11) is 0. The van der Waals surface area contributed by atoms with Crippen molar-refractivity contribution in [2.75, 3.05) is 6.54 Å². The number of nitrogens with zero attached hydrogens (tertiary/aromatic N) is 1. The Hall–Kier alpha value is -1.42. The van der Waals surface area contributed by atoms with Crippen molar-refractivity contribution in [3.05, 3.63) is 30.1 Å². The molecule has 16 heavy (non-hydrogen) atoms. The third kappa shape index (κ3) is 2.79. The Morgan fingerprint density at radius 2 is 2.56 bits per heavy atom. The highest BCUT2D eigenvalue weighted by molar-refractivity contribution is 5.78. The molecule has 0 aliphatic carbocycles. The van der Waals surface area contributed by atoms with E-state index < -0.39 is 0 Å². The SMILES string of the molecule is C[C@@H](NCC1CCC(=O)N1)c1cccnc1. The summed E-state index contributed by atoms with van der Waals surface area (Å²) >= 11 is 0. The molecule has 0 spiro atoms. The van der Waals surface area contributed by atoms with Gasteiger partial charge in [-0.25, -0.2) is 0 Å². The zero-order valence-electron chi connectivity index (χ0n) is 9.44. The summed E-state index contributed by atoms with van der Waals surface area (Å²) in [5, 5.41) is 6.35. The Morgan fingerprint density at radius 3 is 3.19 bits per heavy atom. The smallest absolute Gasteiger partial charge is 0.220 e. The van der Waals surface area contributed by atoms with Crippen LogP contribution in [0.15, 0.2) is 24.5 Å². The van der Waals surface area contributed by atoms with Crippen molar-refractivity contribution in [1.82, 2.24) is 15.6 Å². The molecular weight excluding hydrogens is 202 g/mol. The number of hydrogen-bond donors (Lipinski definition) is 2. The van der Waals surface area contributed by atoms with Crippen molar-refractivity contribution < 1.29 is 4.79 Å². The van der Waals surface area contributed by atoms with Crippen molar-refractivity contribution in [2.45, 2.75) is 31.8 Å². The molecule has 1 fully saturated rings. The number of rotatable bonds is 4. The molecule has 1 aliphatic heterocycles. The molecule has 2 rings (SSSR count). The van der Waals surface area contributed by atoms with Crippen LogP contribution in [-0.2, 0) is 4.79 Å². The van der Waals surface area contributed by atoms with E-state index in [9.17, 15) is 4.79 Å². The maximum atomic E-state index is 11.0. The van der Waals surface area contributed by atoms with Crippen LogP contribution in [0.1, 0.15) is 31.4 Å². The minimum absolute atomic E-state index is 0.167. The van der Waals surface area contributed by atoms with E-state index in [0.29, 0.717) is 6.42 Å². The van der Waals surface area contributed by atoms with E-state index in [0.717, 1.165) is 13.0 Å². The van der Waals surface area contributed by atoms with Crippen LogP contribution in [0.3, 0.4) is 0 Å². The number of aromatic nitrogens is 1. The van der Waals surface area contributed by atoms with Crippen molar-refractivity contribution >= 4 is 5.91 Å². The van der Waals surface area contributed by atoms with Crippen LogP contribution in [0.4, 0.5) is 0 Å². The first-order chi connectivity index (χ1) is 7.75. The second-order valence-corrected chi connectivity index (χ2v) is 4.22. The highest BCUT2D eigenvalue weighted by atomic mass is 16.1. The Morgan fingerprint density at radius 1 is 1.69 bits per heavy atom. The molecule has 1 aromatic heterocycles. The van der Waals surface area contributed by atoms with Crippen LogP contribution >= 0.6 is 0 Å². The molecule has 1 unspecified atom stereocenters. The standard InChI is InChI=1S/C12H17N3O/c1-9(10-3-2-6-13-7-10)14-8-11-4-5-12(16)15-11/h2-3,6-7,9,11,14H,4-5,8H2,1H3,(H,15,16)/t9-,11?/m1/s1. The first kappa shape index (κ1) is 11.1. The normalized spacial score (nSPS) is 21.8. The number of amides is 1. The first-order valence-electron chi connectivity index (χ1n) is 5.68. The van der Waals surface area contributed by atoms with Gasteiger partial charge in [-0.05, 0) is 25.0 Å². The second kappa shape index (κ2) is 5.07. The zero-order valence-corrected chi connectivity index (χ0v) is 9.44. The molecule has 1 amide bonds. The summed E-state index contributed by atoms with van der Waals surface area (Å²) in [5.41, 5.74) is 1.17. The monoisotopic (exact) mass is 219 g/mol. The number of carbonyl (C=O) groups is 1. The molecular formula is C12H17N3O. The van der Waals surface area contributed by atoms with Crippen molar-refractivity contribution in [2.24, 2.45) is 0 Å². The van der Waals surface area contributed by atoms with Crippen LogP contribution in [0, 0.1) is 0 Å². The maximum Gasteiger partial charge on any atom is 0.220 e. The lowest BCUT2D eigenvalue weighted by atomic mass is 10.1. The van der Waals surface area contributed by atoms with E-state index in [1.807, 2.05) is 12.3 Å². The number of carbonyl (C=O) groups excluding carboxylic acids is 1. The largest absolute Gasteiger partial charge is 0.352 e. The number of pyridine rings is 1. The van der Waals surface area contributed by atoms with Gasteiger partial charge in [0.25, 0.3) is 0 Å². The summed E-state index contributed by atoms with van der Waals surface area (Å²) in [6.07, 6.45) is 5.23. The average Bonchev–Trinajstić information content (AvgIpc) is 2.73. The van der Waals surface area contributed by atoms with Gasteiger partial charge in [-0.1, -0.05) is 6.07 Å². The van der Waals surface area contributed by atoms with Gasteiger partial charge in [0.1, 0.15) is 0 Å². The molecule has 2 atom stereocenters. The molecule has 2 N–H and O–H groups in total. The molecule has 0 radical (unpaired) electrons. The molecule has 0 aromatic carbocycles. The highest BCUT2D eigenvalue weighted by Crippen LogP contribution is 2.11. The van der Waals surface area contributed by atoms with Crippen molar-refractivity contribution in [3.8, 4) is 0 Å². The third-order valence-corrected chi connectivity index (χ3v) is 2.94. The van der Waals surface area contributed by atoms with E-state index >= 15 is 0 Å². The molecule has 86 valence electrons. The fourth-order valence-corrected chi connectivity index (χ4v) is 1.90. The van der Waals surface area contributed by atoms with E-state index in [1.54, 1.807) is 6.20 Å². The molecule has 1 saturated heterocycles. The van der Waals surface area contributed by atoms with Gasteiger partial charge in [0.05, 0.1) is 0 Å². The Bertz CT molecular complexity index is 353. The molecule has 4 heteroatoms. The molecule has 2 heterocycles. The summed E-state index contributed by atoms with van der Waals surface area (Å²) < 4.78 is 0. The van der Waals surface area contributed by atoms with E-state index in [2.05, 4.69) is 28.6 Å². The fourth-order valence-electron chi connectivity index (χ4n) is 1.90. The second-order valence-electron chi connectivity index (χ2n) is 4.22. The van der Waals surface area contributed by atoms with Crippen LogP contribution in [-0.4, -0.2) is 23.5 Å². The molecule has 0 saturated carbocycles. The first-order valence-corrected chi connectivity index (χ1v) is 5.68. The highest BCUT2D eigenvalue weighted by Gasteiger charge is 2.20. The van der Waals surface area contributed by atoms with Crippen LogP contribution < -0.4 is 10.6 Å². The van der Waals surface area contributed by atoms with E-state index in [-0.39, 0.29) is 18.0 Å². The van der Waals surface area contributed by atoms with Crippen LogP contribution in [0.5, 0.6) is 0 Å². The van der Waals surface area contributed by atoms with Gasteiger partial charge in [0.15, 0.2) is 0 Å². The number of nitrogens with one attached hydrogen (secondary N) is 2. The van der Waals surface area contributed by atoms with Gasteiger partial charge < -0.3 is 10.6 Å². The average molecular weight is 219 g/mol. The predicted octanol–water partition coefficient (Wildman–Crippen LogP) is 1.01. The van der Waals surface area contributed by atoms with Gasteiger partial charge in [-0.2, -0.15) is 0 Å². The molecule has 1 aromatic rings. The summed E-state index contributed by atoms with van der Waals surface area (Å²) in [5.74, 6) is 0.167. The van der Waals surface area contributed by atoms with Gasteiger partial charge >= 0.3 is 0 Å². The third-order valence-electron chi connectivity index (χ3n) is 2.94. The van der Waals surface area contributed by atoms with Crippen molar-refractivity contribution in [1.29, 1.82) is 0 Å². The van der Waals surface area contributed by atoms with Crippen molar-refractivity contribution in [3.63, 3.8) is 0 Å².